The number of nitrogens with two attached hydrogens (primary N) is 1. The first-order valence-corrected chi connectivity index (χ1v) is 10.8. The van der Waals surface area contributed by atoms with E-state index in [-0.39, 0.29) is 19.1 Å². The van der Waals surface area contributed by atoms with Gasteiger partial charge in [-0.15, -0.1) is 0 Å². The molecule has 0 fully saturated rings. The Morgan fingerprint density at radius 3 is 1.36 bits per heavy atom. The summed E-state index contributed by atoms with van der Waals surface area (Å²) in [5.74, 6) is -8.11. The van der Waals surface area contributed by atoms with Gasteiger partial charge < -0.3 is 46.9 Å². The van der Waals surface area contributed by atoms with Crippen molar-refractivity contribution in [1.29, 1.82) is 0 Å². The second kappa shape index (κ2) is 16.5. The number of aldehydes is 1. The lowest BCUT2D eigenvalue weighted by molar-refractivity contribution is -0.140. The summed E-state index contributed by atoms with van der Waals surface area (Å²) in [5.41, 5.74) is 5.59. The Hall–Kier alpha value is -4.08. The third-order valence-corrected chi connectivity index (χ3v) is 4.73. The molecular formula is C20H30N4O12. The van der Waals surface area contributed by atoms with E-state index in [0.29, 0.717) is 0 Å². The average molecular weight is 518 g/mol. The van der Waals surface area contributed by atoms with Crippen LogP contribution in [0, 0.1) is 0 Å². The van der Waals surface area contributed by atoms with E-state index in [1.807, 2.05) is 0 Å². The molecule has 0 aromatic heterocycles. The van der Waals surface area contributed by atoms with Crippen molar-refractivity contribution < 1.29 is 58.8 Å². The molecule has 0 aromatic rings. The van der Waals surface area contributed by atoms with E-state index in [0.717, 1.165) is 0 Å². The zero-order valence-electron chi connectivity index (χ0n) is 19.2. The van der Waals surface area contributed by atoms with Crippen molar-refractivity contribution in [3.63, 3.8) is 0 Å². The van der Waals surface area contributed by atoms with Crippen LogP contribution in [0.4, 0.5) is 0 Å². The van der Waals surface area contributed by atoms with Gasteiger partial charge in [0.25, 0.3) is 0 Å². The summed E-state index contributed by atoms with van der Waals surface area (Å²) in [5, 5.41) is 41.8. The second-order valence-electron chi connectivity index (χ2n) is 7.71. The molecule has 0 bridgehead atoms. The van der Waals surface area contributed by atoms with Gasteiger partial charge in [0.2, 0.25) is 17.7 Å². The van der Waals surface area contributed by atoms with Gasteiger partial charge in [-0.2, -0.15) is 0 Å². The largest absolute Gasteiger partial charge is 0.481 e. The van der Waals surface area contributed by atoms with E-state index >= 15 is 0 Å². The van der Waals surface area contributed by atoms with Crippen molar-refractivity contribution in [2.75, 3.05) is 0 Å². The first-order chi connectivity index (χ1) is 16.8. The third-order valence-electron chi connectivity index (χ3n) is 4.73. The minimum Gasteiger partial charge on any atom is -0.481 e. The topological polar surface area (TPSA) is 280 Å². The van der Waals surface area contributed by atoms with E-state index in [2.05, 4.69) is 16.0 Å². The zero-order chi connectivity index (χ0) is 27.8. The molecule has 0 saturated heterocycles. The molecule has 0 aliphatic rings. The van der Waals surface area contributed by atoms with Crippen LogP contribution in [0.25, 0.3) is 0 Å². The number of carboxylic acid groups (broad SMARTS) is 4. The van der Waals surface area contributed by atoms with E-state index in [1.54, 1.807) is 0 Å². The van der Waals surface area contributed by atoms with Crippen molar-refractivity contribution in [1.82, 2.24) is 16.0 Å². The summed E-state index contributed by atoms with van der Waals surface area (Å²) >= 11 is 0. The molecule has 0 rings (SSSR count). The van der Waals surface area contributed by atoms with Gasteiger partial charge in [-0.05, 0) is 25.7 Å². The summed E-state index contributed by atoms with van der Waals surface area (Å²) in [4.78, 5) is 92.1. The molecular weight excluding hydrogens is 488 g/mol. The number of rotatable bonds is 19. The van der Waals surface area contributed by atoms with Crippen LogP contribution in [0.1, 0.15) is 51.4 Å². The van der Waals surface area contributed by atoms with Crippen molar-refractivity contribution in [3.8, 4) is 0 Å². The van der Waals surface area contributed by atoms with Crippen LogP contribution in [-0.2, 0) is 38.4 Å². The average Bonchev–Trinajstić information content (AvgIpc) is 2.79. The maximum absolute atomic E-state index is 12.8. The van der Waals surface area contributed by atoms with Crippen LogP contribution in [0.3, 0.4) is 0 Å². The highest BCUT2D eigenvalue weighted by Gasteiger charge is 2.30. The molecule has 16 heteroatoms. The molecule has 0 aliphatic heterocycles. The molecule has 0 radical (unpaired) electrons. The second-order valence-corrected chi connectivity index (χ2v) is 7.71. The molecule has 0 unspecified atom stereocenters. The highest BCUT2D eigenvalue weighted by molar-refractivity contribution is 5.94. The number of hydrogen-bond donors (Lipinski definition) is 8. The van der Waals surface area contributed by atoms with Gasteiger partial charge in [0.1, 0.15) is 18.4 Å². The van der Waals surface area contributed by atoms with E-state index < -0.39 is 104 Å². The van der Waals surface area contributed by atoms with E-state index in [1.165, 1.54) is 0 Å². The molecule has 0 heterocycles. The number of amides is 3. The van der Waals surface area contributed by atoms with Crippen LogP contribution in [0.15, 0.2) is 0 Å². The lowest BCUT2D eigenvalue weighted by atomic mass is 10.1. The molecule has 0 saturated carbocycles. The Bertz CT molecular complexity index is 847. The van der Waals surface area contributed by atoms with Crippen LogP contribution in [0.5, 0.6) is 0 Å². The Morgan fingerprint density at radius 1 is 0.583 bits per heavy atom. The first-order valence-electron chi connectivity index (χ1n) is 10.8. The quantitative estimate of drug-likeness (QED) is 0.0817. The molecule has 0 aromatic carbocycles. The van der Waals surface area contributed by atoms with Crippen molar-refractivity contribution in [3.05, 3.63) is 0 Å². The number of carbonyl (C=O) groups excluding carboxylic acids is 4. The smallest absolute Gasteiger partial charge is 0.303 e. The maximum atomic E-state index is 12.8. The first kappa shape index (κ1) is 31.9. The lowest BCUT2D eigenvalue weighted by Crippen LogP contribution is -2.56. The van der Waals surface area contributed by atoms with Gasteiger partial charge in [0.15, 0.2) is 0 Å². The van der Waals surface area contributed by atoms with Crippen molar-refractivity contribution in [2.45, 2.75) is 75.5 Å². The number of hydrogen-bond acceptors (Lipinski definition) is 9. The molecule has 0 spiro atoms. The summed E-state index contributed by atoms with van der Waals surface area (Å²) in [6.07, 6.45) is -3.25. The normalized spacial score (nSPS) is 13.8. The Balaban J connectivity index is 5.53. The molecule has 9 N–H and O–H groups in total. The Labute approximate surface area is 204 Å². The monoisotopic (exact) mass is 518 g/mol. The standard InChI is InChI=1S/C20H30N4O12/c21-11(2-6-15(28)29)18(34)23-13(4-8-17(32)33)20(36)24-12(3-7-16(30)31)19(35)22-10(9-25)1-5-14(26)27/h9-13H,1-8,21H2,(H,22,35)(H,23,34)(H,24,36)(H,26,27)(H,28,29)(H,30,31)(H,32,33)/t10-,11-,12-,13-/m1/s1. The highest BCUT2D eigenvalue weighted by Crippen LogP contribution is 2.06. The fourth-order valence-corrected chi connectivity index (χ4v) is 2.77. The molecule has 16 nitrogen and oxygen atoms in total. The molecule has 4 atom stereocenters. The zero-order valence-corrected chi connectivity index (χ0v) is 19.2. The van der Waals surface area contributed by atoms with Crippen LogP contribution in [-0.4, -0.2) is 92.5 Å². The molecule has 36 heavy (non-hydrogen) atoms. The van der Waals surface area contributed by atoms with Crippen LogP contribution >= 0.6 is 0 Å². The summed E-state index contributed by atoms with van der Waals surface area (Å²) in [6, 6.07) is -5.65. The predicted octanol–water partition coefficient (Wildman–Crippen LogP) is -2.57. The van der Waals surface area contributed by atoms with Gasteiger partial charge in [0, 0.05) is 25.7 Å². The Kier molecular flexibility index (Phi) is 14.7. The fraction of sp³-hybridized carbons (Fsp3) is 0.600. The minimum atomic E-state index is -1.54. The molecule has 3 amide bonds. The van der Waals surface area contributed by atoms with Gasteiger partial charge in [-0.1, -0.05) is 0 Å². The fourth-order valence-electron chi connectivity index (χ4n) is 2.77. The van der Waals surface area contributed by atoms with Gasteiger partial charge >= 0.3 is 23.9 Å². The number of carboxylic acids is 4. The third kappa shape index (κ3) is 14.2. The number of aliphatic carboxylic acids is 4. The van der Waals surface area contributed by atoms with Crippen molar-refractivity contribution in [2.24, 2.45) is 5.73 Å². The van der Waals surface area contributed by atoms with Gasteiger partial charge in [-0.3, -0.25) is 33.6 Å². The summed E-state index contributed by atoms with van der Waals surface area (Å²) in [6.45, 7) is 0. The predicted molar refractivity (Wildman–Crippen MR) is 117 cm³/mol. The van der Waals surface area contributed by atoms with Crippen LogP contribution < -0.4 is 21.7 Å². The van der Waals surface area contributed by atoms with Gasteiger partial charge in [0.05, 0.1) is 12.1 Å². The Morgan fingerprint density at radius 2 is 0.944 bits per heavy atom. The minimum absolute atomic E-state index is 0.268. The maximum Gasteiger partial charge on any atom is 0.303 e. The summed E-state index contributed by atoms with van der Waals surface area (Å²) in [7, 11) is 0. The highest BCUT2D eigenvalue weighted by atomic mass is 16.4. The SMILES string of the molecule is N[C@H](CCC(=O)O)C(=O)N[C@H](CCC(=O)O)C(=O)N[C@H](CCC(=O)O)C(=O)N[C@@H](C=O)CCC(=O)O. The molecule has 202 valence electrons. The number of carbonyl (C=O) groups is 8. The van der Waals surface area contributed by atoms with Crippen molar-refractivity contribution >= 4 is 47.9 Å². The van der Waals surface area contributed by atoms with Crippen LogP contribution in [0.2, 0.25) is 0 Å². The molecule has 0 aliphatic carbocycles. The van der Waals surface area contributed by atoms with E-state index in [9.17, 15) is 38.4 Å². The summed E-state index contributed by atoms with van der Waals surface area (Å²) < 4.78 is 0. The number of nitrogens with one attached hydrogen (secondary N) is 3. The lowest BCUT2D eigenvalue weighted by Gasteiger charge is -2.24. The van der Waals surface area contributed by atoms with E-state index in [4.69, 9.17) is 26.2 Å². The van der Waals surface area contributed by atoms with Gasteiger partial charge in [-0.25, -0.2) is 0 Å².